The van der Waals surface area contributed by atoms with E-state index in [1.807, 2.05) is 12.1 Å². The zero-order valence-electron chi connectivity index (χ0n) is 13.5. The second-order valence-corrected chi connectivity index (χ2v) is 5.91. The Kier molecular flexibility index (Phi) is 4.64. The number of aryl methyl sites for hydroxylation is 1. The van der Waals surface area contributed by atoms with Crippen LogP contribution in [0, 0.1) is 6.92 Å². The van der Waals surface area contributed by atoms with Gasteiger partial charge in [-0.15, -0.1) is 0 Å². The van der Waals surface area contributed by atoms with Crippen molar-refractivity contribution in [1.82, 2.24) is 4.90 Å². The molecule has 0 unspecified atom stereocenters. The molecule has 0 aromatic heterocycles. The van der Waals surface area contributed by atoms with Crippen LogP contribution in [0.3, 0.4) is 0 Å². The number of piperazine rings is 1. The van der Waals surface area contributed by atoms with E-state index in [1.165, 1.54) is 16.8 Å². The highest BCUT2D eigenvalue weighted by atomic mass is 16.5. The van der Waals surface area contributed by atoms with Gasteiger partial charge in [-0.1, -0.05) is 35.9 Å². The summed E-state index contributed by atoms with van der Waals surface area (Å²) in [6.45, 7) is 7.44. The van der Waals surface area contributed by atoms with Gasteiger partial charge in [-0.05, 0) is 25.1 Å². The first-order valence-electron chi connectivity index (χ1n) is 7.92. The summed E-state index contributed by atoms with van der Waals surface area (Å²) in [5.74, 6) is 0.989. The van der Waals surface area contributed by atoms with Crippen LogP contribution >= 0.6 is 0 Å². The molecule has 0 amide bonds. The van der Waals surface area contributed by atoms with E-state index in [-0.39, 0.29) is 0 Å². The highest BCUT2D eigenvalue weighted by molar-refractivity contribution is 5.48. The average Bonchev–Trinajstić information content (AvgIpc) is 2.57. The fourth-order valence-electron chi connectivity index (χ4n) is 2.99. The monoisotopic (exact) mass is 296 g/mol. The van der Waals surface area contributed by atoms with E-state index in [0.717, 1.165) is 38.5 Å². The van der Waals surface area contributed by atoms with Crippen molar-refractivity contribution in [3.63, 3.8) is 0 Å². The number of methoxy groups -OCH3 is 1. The Bertz CT molecular complexity index is 601. The van der Waals surface area contributed by atoms with E-state index >= 15 is 0 Å². The third-order valence-corrected chi connectivity index (χ3v) is 4.36. The van der Waals surface area contributed by atoms with Crippen molar-refractivity contribution in [2.24, 2.45) is 0 Å². The molecular formula is C19H24N2O. The maximum atomic E-state index is 5.45. The Morgan fingerprint density at radius 2 is 1.59 bits per heavy atom. The first-order valence-corrected chi connectivity index (χ1v) is 7.92. The highest BCUT2D eigenvalue weighted by Crippen LogP contribution is 2.21. The molecule has 2 aromatic carbocycles. The van der Waals surface area contributed by atoms with Gasteiger partial charge >= 0.3 is 0 Å². The predicted molar refractivity (Wildman–Crippen MR) is 91.7 cm³/mol. The fourth-order valence-corrected chi connectivity index (χ4v) is 2.99. The summed E-state index contributed by atoms with van der Waals surface area (Å²) >= 11 is 0. The van der Waals surface area contributed by atoms with Crippen molar-refractivity contribution in [2.45, 2.75) is 13.5 Å². The number of rotatable bonds is 4. The number of benzene rings is 2. The summed E-state index contributed by atoms with van der Waals surface area (Å²) < 4.78 is 5.45. The molecule has 1 saturated heterocycles. The lowest BCUT2D eigenvalue weighted by Gasteiger charge is -2.36. The quantitative estimate of drug-likeness (QED) is 0.861. The summed E-state index contributed by atoms with van der Waals surface area (Å²) in [4.78, 5) is 4.97. The molecular weight excluding hydrogens is 272 g/mol. The average molecular weight is 296 g/mol. The molecule has 3 rings (SSSR count). The van der Waals surface area contributed by atoms with Crippen LogP contribution in [0.15, 0.2) is 48.5 Å². The van der Waals surface area contributed by atoms with Gasteiger partial charge in [-0.25, -0.2) is 0 Å². The van der Waals surface area contributed by atoms with Crippen molar-refractivity contribution in [3.8, 4) is 5.75 Å². The maximum Gasteiger partial charge on any atom is 0.123 e. The third-order valence-electron chi connectivity index (χ3n) is 4.36. The SMILES string of the molecule is COc1ccccc1CN1CCN(c2ccc(C)cc2)CC1. The van der Waals surface area contributed by atoms with Gasteiger partial charge in [0, 0.05) is 44.0 Å². The molecule has 0 N–H and O–H groups in total. The van der Waals surface area contributed by atoms with Gasteiger partial charge < -0.3 is 9.64 Å². The van der Waals surface area contributed by atoms with Crippen molar-refractivity contribution in [2.75, 3.05) is 38.2 Å². The van der Waals surface area contributed by atoms with Crippen LogP contribution in [0.1, 0.15) is 11.1 Å². The highest BCUT2D eigenvalue weighted by Gasteiger charge is 2.18. The van der Waals surface area contributed by atoms with Crippen molar-refractivity contribution >= 4 is 5.69 Å². The molecule has 0 atom stereocenters. The molecule has 22 heavy (non-hydrogen) atoms. The summed E-state index contributed by atoms with van der Waals surface area (Å²) in [5.41, 5.74) is 3.93. The van der Waals surface area contributed by atoms with Crippen LogP contribution in [0.5, 0.6) is 5.75 Å². The fraction of sp³-hybridized carbons (Fsp3) is 0.368. The van der Waals surface area contributed by atoms with Gasteiger partial charge in [0.1, 0.15) is 5.75 Å². The van der Waals surface area contributed by atoms with Crippen LogP contribution in [0.25, 0.3) is 0 Å². The zero-order chi connectivity index (χ0) is 15.4. The van der Waals surface area contributed by atoms with E-state index in [1.54, 1.807) is 7.11 Å². The molecule has 0 bridgehead atoms. The first-order chi connectivity index (χ1) is 10.8. The Morgan fingerprint density at radius 3 is 2.27 bits per heavy atom. The maximum absolute atomic E-state index is 5.45. The summed E-state index contributed by atoms with van der Waals surface area (Å²) in [7, 11) is 1.74. The topological polar surface area (TPSA) is 15.7 Å². The van der Waals surface area contributed by atoms with Crippen LogP contribution in [0.2, 0.25) is 0 Å². The van der Waals surface area contributed by atoms with Gasteiger partial charge in [0.2, 0.25) is 0 Å². The minimum absolute atomic E-state index is 0.964. The normalized spacial score (nSPS) is 15.8. The lowest BCUT2D eigenvalue weighted by molar-refractivity contribution is 0.246. The number of ether oxygens (including phenoxy) is 1. The van der Waals surface area contributed by atoms with Crippen LogP contribution in [-0.4, -0.2) is 38.2 Å². The molecule has 0 radical (unpaired) electrons. The largest absolute Gasteiger partial charge is 0.496 e. The number of nitrogens with zero attached hydrogens (tertiary/aromatic N) is 2. The van der Waals surface area contributed by atoms with Gasteiger partial charge in [0.05, 0.1) is 7.11 Å². The molecule has 1 heterocycles. The van der Waals surface area contributed by atoms with E-state index in [2.05, 4.69) is 53.1 Å². The van der Waals surface area contributed by atoms with Crippen molar-refractivity contribution in [3.05, 3.63) is 59.7 Å². The van der Waals surface area contributed by atoms with Gasteiger partial charge in [-0.2, -0.15) is 0 Å². The number of hydrogen-bond donors (Lipinski definition) is 0. The molecule has 3 nitrogen and oxygen atoms in total. The Hall–Kier alpha value is -2.00. The summed E-state index contributed by atoms with van der Waals surface area (Å²) in [5, 5.41) is 0. The van der Waals surface area contributed by atoms with E-state index < -0.39 is 0 Å². The van der Waals surface area contributed by atoms with E-state index in [9.17, 15) is 0 Å². The van der Waals surface area contributed by atoms with Crippen LogP contribution in [0.4, 0.5) is 5.69 Å². The van der Waals surface area contributed by atoms with Gasteiger partial charge in [0.25, 0.3) is 0 Å². The number of hydrogen-bond acceptors (Lipinski definition) is 3. The van der Waals surface area contributed by atoms with Crippen LogP contribution in [-0.2, 0) is 6.54 Å². The molecule has 116 valence electrons. The minimum Gasteiger partial charge on any atom is -0.496 e. The first kappa shape index (κ1) is 14.9. The summed E-state index contributed by atoms with van der Waals surface area (Å²) in [6, 6.07) is 17.1. The number of anilines is 1. The lowest BCUT2D eigenvalue weighted by Crippen LogP contribution is -2.46. The molecule has 0 aliphatic carbocycles. The second kappa shape index (κ2) is 6.84. The van der Waals surface area contributed by atoms with Crippen LogP contribution < -0.4 is 9.64 Å². The van der Waals surface area contributed by atoms with E-state index in [4.69, 9.17) is 4.74 Å². The smallest absolute Gasteiger partial charge is 0.123 e. The molecule has 0 spiro atoms. The molecule has 2 aromatic rings. The van der Waals surface area contributed by atoms with Gasteiger partial charge in [-0.3, -0.25) is 4.90 Å². The molecule has 0 saturated carbocycles. The minimum atomic E-state index is 0.964. The summed E-state index contributed by atoms with van der Waals surface area (Å²) in [6.07, 6.45) is 0. The van der Waals surface area contributed by atoms with Gasteiger partial charge in [0.15, 0.2) is 0 Å². The third kappa shape index (κ3) is 3.42. The second-order valence-electron chi connectivity index (χ2n) is 5.91. The zero-order valence-corrected chi connectivity index (χ0v) is 13.5. The Labute approximate surface area is 133 Å². The van der Waals surface area contributed by atoms with Crippen molar-refractivity contribution < 1.29 is 4.74 Å². The standard InChI is InChI=1S/C19H24N2O/c1-16-7-9-18(10-8-16)21-13-11-20(12-14-21)15-17-5-3-4-6-19(17)22-2/h3-10H,11-15H2,1-2H3. The molecule has 3 heteroatoms. The van der Waals surface area contributed by atoms with E-state index in [0.29, 0.717) is 0 Å². The Balaban J connectivity index is 1.59. The molecule has 1 aliphatic heterocycles. The lowest BCUT2D eigenvalue weighted by atomic mass is 10.1. The Morgan fingerprint density at radius 1 is 0.909 bits per heavy atom. The van der Waals surface area contributed by atoms with Crippen molar-refractivity contribution in [1.29, 1.82) is 0 Å². The molecule has 1 aliphatic rings. The number of para-hydroxylation sites is 1. The molecule has 1 fully saturated rings. The predicted octanol–water partition coefficient (Wildman–Crippen LogP) is 3.33.